The van der Waals surface area contributed by atoms with Gasteiger partial charge in [0.05, 0.1) is 0 Å². The Morgan fingerprint density at radius 1 is 1.33 bits per heavy atom. The number of rotatable bonds is 1. The molecule has 2 nitrogen and oxygen atoms in total. The monoisotopic (exact) mass is 227 g/mol. The highest BCUT2D eigenvalue weighted by Crippen LogP contribution is 2.21. The van der Waals surface area contributed by atoms with Crippen molar-refractivity contribution in [2.45, 2.75) is 13.8 Å². The number of benzene rings is 1. The lowest BCUT2D eigenvalue weighted by molar-refractivity contribution is 0.0999. The maximum atomic E-state index is 10.9. The van der Waals surface area contributed by atoms with Crippen LogP contribution in [0.1, 0.15) is 21.5 Å². The zero-order valence-corrected chi connectivity index (χ0v) is 8.60. The van der Waals surface area contributed by atoms with E-state index in [1.165, 1.54) is 0 Å². The Morgan fingerprint density at radius 2 is 1.92 bits per heavy atom. The van der Waals surface area contributed by atoms with E-state index in [1.54, 1.807) is 6.07 Å². The second kappa shape index (κ2) is 3.27. The first-order valence-electron chi connectivity index (χ1n) is 3.59. The van der Waals surface area contributed by atoms with E-state index < -0.39 is 0 Å². The molecule has 12 heavy (non-hydrogen) atoms. The van der Waals surface area contributed by atoms with Gasteiger partial charge in [0, 0.05) is 10.0 Å². The van der Waals surface area contributed by atoms with Crippen LogP contribution < -0.4 is 5.73 Å². The molecule has 0 aromatic heterocycles. The molecule has 0 spiro atoms. The predicted molar refractivity (Wildman–Crippen MR) is 52.1 cm³/mol. The van der Waals surface area contributed by atoms with E-state index in [2.05, 4.69) is 15.9 Å². The van der Waals surface area contributed by atoms with Crippen molar-refractivity contribution in [3.63, 3.8) is 0 Å². The third-order valence-electron chi connectivity index (χ3n) is 1.99. The lowest BCUT2D eigenvalue weighted by atomic mass is 10.0. The van der Waals surface area contributed by atoms with Gasteiger partial charge < -0.3 is 5.73 Å². The number of primary amides is 1. The maximum absolute atomic E-state index is 10.9. The van der Waals surface area contributed by atoms with Gasteiger partial charge in [0.25, 0.3) is 0 Å². The van der Waals surface area contributed by atoms with Crippen LogP contribution in [0, 0.1) is 13.8 Å². The number of carbonyl (C=O) groups is 1. The number of amides is 1. The summed E-state index contributed by atoms with van der Waals surface area (Å²) >= 11 is 3.38. The Hall–Kier alpha value is -0.830. The molecule has 1 amide bonds. The second-order valence-corrected chi connectivity index (χ2v) is 3.56. The van der Waals surface area contributed by atoms with Crippen LogP contribution in [0.2, 0.25) is 0 Å². The fourth-order valence-corrected chi connectivity index (χ4v) is 1.48. The van der Waals surface area contributed by atoms with Gasteiger partial charge in [-0.2, -0.15) is 0 Å². The molecule has 0 bridgehead atoms. The van der Waals surface area contributed by atoms with Crippen molar-refractivity contribution >= 4 is 21.8 Å². The molecule has 1 aromatic carbocycles. The van der Waals surface area contributed by atoms with E-state index in [0.717, 1.165) is 15.6 Å². The number of hydrogen-bond donors (Lipinski definition) is 1. The first-order chi connectivity index (χ1) is 5.54. The van der Waals surface area contributed by atoms with Gasteiger partial charge in [-0.25, -0.2) is 0 Å². The highest BCUT2D eigenvalue weighted by atomic mass is 79.9. The average Bonchev–Trinajstić information content (AvgIpc) is 2.00. The Morgan fingerprint density at radius 3 is 2.42 bits per heavy atom. The largest absolute Gasteiger partial charge is 0.366 e. The summed E-state index contributed by atoms with van der Waals surface area (Å²) in [7, 11) is 0. The molecule has 0 unspecified atom stereocenters. The van der Waals surface area contributed by atoms with Crippen LogP contribution in [0.4, 0.5) is 0 Å². The third-order valence-corrected chi connectivity index (χ3v) is 2.85. The minimum absolute atomic E-state index is 0.372. The van der Waals surface area contributed by atoms with Gasteiger partial charge in [0.15, 0.2) is 0 Å². The van der Waals surface area contributed by atoms with E-state index in [0.29, 0.717) is 5.56 Å². The van der Waals surface area contributed by atoms with Gasteiger partial charge in [0.2, 0.25) is 5.91 Å². The standard InChI is InChI=1S/C9H10BrNO/c1-5-6(2)8(10)4-3-7(5)9(11)12/h3-4H,1-2H3,(H2,11,12). The quantitative estimate of drug-likeness (QED) is 0.786. The first-order valence-corrected chi connectivity index (χ1v) is 4.39. The Bertz CT molecular complexity index is 334. The molecule has 1 rings (SSSR count). The first kappa shape index (κ1) is 9.26. The predicted octanol–water partition coefficient (Wildman–Crippen LogP) is 2.16. The van der Waals surface area contributed by atoms with Crippen LogP contribution >= 0.6 is 15.9 Å². The van der Waals surface area contributed by atoms with Crippen LogP contribution in [0.25, 0.3) is 0 Å². The minimum Gasteiger partial charge on any atom is -0.366 e. The SMILES string of the molecule is Cc1c(Br)ccc(C(N)=O)c1C. The van der Waals surface area contributed by atoms with Crippen LogP contribution in [0.3, 0.4) is 0 Å². The summed E-state index contributed by atoms with van der Waals surface area (Å²) < 4.78 is 1.00. The summed E-state index contributed by atoms with van der Waals surface area (Å²) in [5, 5.41) is 0. The highest BCUT2D eigenvalue weighted by Gasteiger charge is 2.07. The normalized spacial score (nSPS) is 9.92. The van der Waals surface area contributed by atoms with Gasteiger partial charge in [-0.05, 0) is 37.1 Å². The highest BCUT2D eigenvalue weighted by molar-refractivity contribution is 9.10. The van der Waals surface area contributed by atoms with Crippen molar-refractivity contribution < 1.29 is 4.79 Å². The van der Waals surface area contributed by atoms with E-state index in [-0.39, 0.29) is 5.91 Å². The molecule has 2 N–H and O–H groups in total. The average molecular weight is 228 g/mol. The van der Waals surface area contributed by atoms with Gasteiger partial charge in [-0.1, -0.05) is 15.9 Å². The van der Waals surface area contributed by atoms with Crippen molar-refractivity contribution in [3.05, 3.63) is 33.3 Å². The molecule has 0 fully saturated rings. The summed E-state index contributed by atoms with van der Waals surface area (Å²) in [5.41, 5.74) is 7.78. The fourth-order valence-electron chi connectivity index (χ4n) is 1.05. The summed E-state index contributed by atoms with van der Waals surface area (Å²) in [4.78, 5) is 10.9. The zero-order valence-electron chi connectivity index (χ0n) is 7.02. The molecule has 0 saturated carbocycles. The van der Waals surface area contributed by atoms with Crippen molar-refractivity contribution in [1.82, 2.24) is 0 Å². The molecule has 0 heterocycles. The molecule has 0 radical (unpaired) electrons. The molecular weight excluding hydrogens is 218 g/mol. The van der Waals surface area contributed by atoms with Gasteiger partial charge in [-0.15, -0.1) is 0 Å². The van der Waals surface area contributed by atoms with Crippen LogP contribution in [-0.4, -0.2) is 5.91 Å². The molecule has 0 atom stereocenters. The maximum Gasteiger partial charge on any atom is 0.248 e. The number of carbonyl (C=O) groups excluding carboxylic acids is 1. The van der Waals surface area contributed by atoms with Crippen LogP contribution in [0.5, 0.6) is 0 Å². The molecule has 0 saturated heterocycles. The summed E-state index contributed by atoms with van der Waals surface area (Å²) in [6.07, 6.45) is 0. The summed E-state index contributed by atoms with van der Waals surface area (Å²) in [6.45, 7) is 3.84. The van der Waals surface area contributed by atoms with E-state index in [9.17, 15) is 4.79 Å². The van der Waals surface area contributed by atoms with E-state index >= 15 is 0 Å². The second-order valence-electron chi connectivity index (χ2n) is 2.71. The van der Waals surface area contributed by atoms with E-state index in [1.807, 2.05) is 19.9 Å². The lowest BCUT2D eigenvalue weighted by Gasteiger charge is -2.06. The number of halogens is 1. The third kappa shape index (κ3) is 1.50. The molecule has 3 heteroatoms. The molecule has 1 aromatic rings. The topological polar surface area (TPSA) is 43.1 Å². The van der Waals surface area contributed by atoms with Crippen molar-refractivity contribution in [2.75, 3.05) is 0 Å². The molecule has 0 aliphatic rings. The molecular formula is C9H10BrNO. The molecule has 64 valence electrons. The smallest absolute Gasteiger partial charge is 0.248 e. The van der Waals surface area contributed by atoms with Gasteiger partial charge in [0.1, 0.15) is 0 Å². The Labute approximate surface area is 79.9 Å². The van der Waals surface area contributed by atoms with E-state index in [4.69, 9.17) is 5.73 Å². The molecule has 0 aliphatic heterocycles. The van der Waals surface area contributed by atoms with Crippen molar-refractivity contribution in [2.24, 2.45) is 5.73 Å². The molecule has 0 aliphatic carbocycles. The minimum atomic E-state index is -0.372. The number of nitrogens with two attached hydrogens (primary N) is 1. The summed E-state index contributed by atoms with van der Waals surface area (Å²) in [6, 6.07) is 3.57. The number of hydrogen-bond acceptors (Lipinski definition) is 1. The fraction of sp³-hybridized carbons (Fsp3) is 0.222. The Balaban J connectivity index is 3.36. The van der Waals surface area contributed by atoms with Gasteiger partial charge >= 0.3 is 0 Å². The lowest BCUT2D eigenvalue weighted by Crippen LogP contribution is -2.13. The van der Waals surface area contributed by atoms with Crippen LogP contribution in [-0.2, 0) is 0 Å². The van der Waals surface area contributed by atoms with Gasteiger partial charge in [-0.3, -0.25) is 4.79 Å². The van der Waals surface area contributed by atoms with Crippen molar-refractivity contribution in [1.29, 1.82) is 0 Å². The van der Waals surface area contributed by atoms with Crippen LogP contribution in [0.15, 0.2) is 16.6 Å². The zero-order chi connectivity index (χ0) is 9.30. The van der Waals surface area contributed by atoms with Crippen molar-refractivity contribution in [3.8, 4) is 0 Å². The Kier molecular flexibility index (Phi) is 2.52. The summed E-state index contributed by atoms with van der Waals surface area (Å²) in [5.74, 6) is -0.372.